The summed E-state index contributed by atoms with van der Waals surface area (Å²) in [5.41, 5.74) is 2.19. The quantitative estimate of drug-likeness (QED) is 0.379. The van der Waals surface area contributed by atoms with Crippen LogP contribution in [0.3, 0.4) is 0 Å². The number of nitrogens with zero attached hydrogens (tertiary/aromatic N) is 1. The molecule has 8 heteroatoms. The summed E-state index contributed by atoms with van der Waals surface area (Å²) in [6, 6.07) is 27.0. The van der Waals surface area contributed by atoms with Gasteiger partial charge in [0, 0.05) is 0 Å². The van der Waals surface area contributed by atoms with Crippen molar-refractivity contribution >= 4 is 29.5 Å². The molecule has 2 atom stereocenters. The third-order valence-corrected chi connectivity index (χ3v) is 7.36. The monoisotopic (exact) mass is 500 g/mol. The van der Waals surface area contributed by atoms with Crippen LogP contribution in [-0.2, 0) is 25.5 Å². The van der Waals surface area contributed by atoms with Crippen LogP contribution in [-0.4, -0.2) is 45.0 Å². The standard InChI is InChI=1S/C28H24N2O5S/c31-21-17-36-27-23(29-22(32)16-18-10-4-1-5-11-18)26(33)30(27)24(21)28(34)35-25(19-12-6-2-7-13-19)20-14-8-3-9-15-20/h1-15,23,25,27,31H,16-17H2,(H,29,32)/t23-,27-/m0/s1. The number of rotatable bonds is 7. The summed E-state index contributed by atoms with van der Waals surface area (Å²) in [6.07, 6.45) is -0.570. The lowest BCUT2D eigenvalue weighted by Gasteiger charge is -2.48. The molecule has 182 valence electrons. The third kappa shape index (κ3) is 4.72. The third-order valence-electron chi connectivity index (χ3n) is 6.10. The van der Waals surface area contributed by atoms with Crippen molar-refractivity contribution in [2.45, 2.75) is 23.9 Å². The number of hydrogen-bond donors (Lipinski definition) is 2. The van der Waals surface area contributed by atoms with Gasteiger partial charge in [0.1, 0.15) is 17.2 Å². The molecule has 2 heterocycles. The van der Waals surface area contributed by atoms with Gasteiger partial charge in [-0.25, -0.2) is 4.79 Å². The topological polar surface area (TPSA) is 95.9 Å². The average molecular weight is 501 g/mol. The maximum absolute atomic E-state index is 13.3. The molecule has 3 aromatic carbocycles. The largest absolute Gasteiger partial charge is 0.509 e. The van der Waals surface area contributed by atoms with Crippen LogP contribution in [0.1, 0.15) is 22.8 Å². The van der Waals surface area contributed by atoms with E-state index in [1.54, 1.807) is 0 Å². The Balaban J connectivity index is 1.32. The molecule has 0 saturated carbocycles. The fourth-order valence-corrected chi connectivity index (χ4v) is 5.55. The van der Waals surface area contributed by atoms with Crippen molar-refractivity contribution in [3.63, 3.8) is 0 Å². The van der Waals surface area contributed by atoms with E-state index < -0.39 is 29.4 Å². The second-order valence-electron chi connectivity index (χ2n) is 8.52. The van der Waals surface area contributed by atoms with Crippen molar-refractivity contribution in [3.05, 3.63) is 119 Å². The number of esters is 1. The molecule has 0 bridgehead atoms. The number of benzene rings is 3. The average Bonchev–Trinajstić information content (AvgIpc) is 2.91. The Morgan fingerprint density at radius 3 is 2.08 bits per heavy atom. The molecule has 36 heavy (non-hydrogen) atoms. The Hall–Kier alpha value is -4.04. The number of fused-ring (bicyclic) bond motifs is 1. The number of nitrogens with one attached hydrogen (secondary N) is 1. The summed E-state index contributed by atoms with van der Waals surface area (Å²) in [7, 11) is 0. The van der Waals surface area contributed by atoms with Crippen LogP contribution in [0.15, 0.2) is 102 Å². The van der Waals surface area contributed by atoms with Gasteiger partial charge in [0.25, 0.3) is 5.91 Å². The van der Waals surface area contributed by atoms with Crippen LogP contribution in [0.5, 0.6) is 0 Å². The van der Waals surface area contributed by atoms with Gasteiger partial charge in [-0.1, -0.05) is 91.0 Å². The molecule has 0 unspecified atom stereocenters. The first-order chi connectivity index (χ1) is 17.5. The zero-order valence-electron chi connectivity index (χ0n) is 19.2. The Labute approximate surface area is 212 Å². The van der Waals surface area contributed by atoms with Crippen molar-refractivity contribution < 1.29 is 24.2 Å². The van der Waals surface area contributed by atoms with Gasteiger partial charge in [-0.15, -0.1) is 11.8 Å². The number of β-lactam (4-membered cyclic amide) rings is 1. The number of thioether (sulfide) groups is 1. The molecule has 2 N–H and O–H groups in total. The molecule has 0 aliphatic carbocycles. The minimum Gasteiger partial charge on any atom is -0.509 e. The zero-order chi connectivity index (χ0) is 25.1. The van der Waals surface area contributed by atoms with Gasteiger partial charge >= 0.3 is 5.97 Å². The molecular formula is C28H24N2O5S. The van der Waals surface area contributed by atoms with E-state index in [1.165, 1.54) is 16.7 Å². The molecule has 1 fully saturated rings. The Bertz CT molecular complexity index is 1260. The highest BCUT2D eigenvalue weighted by Gasteiger charge is 2.55. The summed E-state index contributed by atoms with van der Waals surface area (Å²) in [5.74, 6) is -1.62. The lowest BCUT2D eigenvalue weighted by molar-refractivity contribution is -0.155. The predicted molar refractivity (Wildman–Crippen MR) is 136 cm³/mol. The minimum absolute atomic E-state index is 0.130. The van der Waals surface area contributed by atoms with Gasteiger partial charge in [-0.05, 0) is 16.7 Å². The number of hydrogen-bond acceptors (Lipinski definition) is 6. The van der Waals surface area contributed by atoms with Crippen LogP contribution in [0.2, 0.25) is 0 Å². The van der Waals surface area contributed by atoms with Crippen molar-refractivity contribution in [2.75, 3.05) is 5.75 Å². The van der Waals surface area contributed by atoms with Gasteiger partial charge in [-0.2, -0.15) is 0 Å². The van der Waals surface area contributed by atoms with Crippen LogP contribution in [0.4, 0.5) is 0 Å². The van der Waals surface area contributed by atoms with Crippen molar-refractivity contribution in [2.24, 2.45) is 0 Å². The first kappa shape index (κ1) is 23.7. The highest BCUT2D eigenvalue weighted by molar-refractivity contribution is 8.00. The van der Waals surface area contributed by atoms with Crippen molar-refractivity contribution in [3.8, 4) is 0 Å². The normalized spacial score (nSPS) is 18.9. The van der Waals surface area contributed by atoms with E-state index >= 15 is 0 Å². The molecule has 2 aliphatic heterocycles. The Morgan fingerprint density at radius 2 is 1.50 bits per heavy atom. The van der Waals surface area contributed by atoms with Gasteiger partial charge < -0.3 is 15.2 Å². The highest BCUT2D eigenvalue weighted by atomic mass is 32.2. The zero-order valence-corrected chi connectivity index (χ0v) is 20.1. The molecule has 0 radical (unpaired) electrons. The van der Waals surface area contributed by atoms with E-state index in [0.717, 1.165) is 16.7 Å². The number of aliphatic hydroxyl groups excluding tert-OH is 1. The molecule has 5 rings (SSSR count). The first-order valence-corrected chi connectivity index (χ1v) is 12.6. The number of aliphatic hydroxyl groups is 1. The maximum Gasteiger partial charge on any atom is 0.359 e. The van der Waals surface area contributed by atoms with E-state index in [1.807, 2.05) is 91.0 Å². The minimum atomic E-state index is -0.794. The van der Waals surface area contributed by atoms with Crippen molar-refractivity contribution in [1.82, 2.24) is 10.2 Å². The van der Waals surface area contributed by atoms with E-state index in [-0.39, 0.29) is 29.5 Å². The molecule has 1 saturated heterocycles. The SMILES string of the molecule is O=C(Cc1ccccc1)N[C@H]1C(=O)N2C(C(=O)OC(c3ccccc3)c3ccccc3)=C(O)CS[C@@H]12. The summed E-state index contributed by atoms with van der Waals surface area (Å²) in [4.78, 5) is 40.1. The maximum atomic E-state index is 13.3. The lowest BCUT2D eigenvalue weighted by Crippen LogP contribution is -2.70. The van der Waals surface area contributed by atoms with E-state index in [9.17, 15) is 19.5 Å². The molecule has 7 nitrogen and oxygen atoms in total. The van der Waals surface area contributed by atoms with E-state index in [0.29, 0.717) is 0 Å². The molecule has 3 aromatic rings. The first-order valence-electron chi connectivity index (χ1n) is 11.5. The molecular weight excluding hydrogens is 476 g/mol. The summed E-state index contributed by atoms with van der Waals surface area (Å²) >= 11 is 1.29. The smallest absolute Gasteiger partial charge is 0.359 e. The van der Waals surface area contributed by atoms with Gasteiger partial charge in [0.2, 0.25) is 5.91 Å². The summed E-state index contributed by atoms with van der Waals surface area (Å²) in [5, 5.41) is 12.8. The summed E-state index contributed by atoms with van der Waals surface area (Å²) < 4.78 is 5.88. The van der Waals surface area contributed by atoms with E-state index in [2.05, 4.69) is 5.32 Å². The second kappa shape index (κ2) is 10.3. The van der Waals surface area contributed by atoms with Gasteiger partial charge in [0.05, 0.1) is 12.2 Å². The van der Waals surface area contributed by atoms with Gasteiger partial charge in [-0.3, -0.25) is 14.5 Å². The molecule has 0 aromatic heterocycles. The van der Waals surface area contributed by atoms with Crippen LogP contribution in [0.25, 0.3) is 0 Å². The molecule has 2 amide bonds. The fraction of sp³-hybridized carbons (Fsp3) is 0.179. The highest BCUT2D eigenvalue weighted by Crippen LogP contribution is 2.41. The molecule has 2 aliphatic rings. The summed E-state index contributed by atoms with van der Waals surface area (Å²) in [6.45, 7) is 0. The lowest BCUT2D eigenvalue weighted by atomic mass is 10.0. The Morgan fingerprint density at radius 1 is 0.944 bits per heavy atom. The van der Waals surface area contributed by atoms with Crippen LogP contribution in [0, 0.1) is 0 Å². The van der Waals surface area contributed by atoms with Gasteiger partial charge in [0.15, 0.2) is 11.8 Å². The van der Waals surface area contributed by atoms with Crippen molar-refractivity contribution in [1.29, 1.82) is 0 Å². The second-order valence-corrected chi connectivity index (χ2v) is 9.62. The number of amides is 2. The Kier molecular flexibility index (Phi) is 6.77. The number of carbonyl (C=O) groups excluding carboxylic acids is 3. The van der Waals surface area contributed by atoms with E-state index in [4.69, 9.17) is 4.74 Å². The number of ether oxygens (including phenoxy) is 1. The predicted octanol–water partition coefficient (Wildman–Crippen LogP) is 3.73. The number of carbonyl (C=O) groups is 3. The van der Waals surface area contributed by atoms with Crippen LogP contribution >= 0.6 is 11.8 Å². The van der Waals surface area contributed by atoms with Crippen LogP contribution < -0.4 is 5.32 Å². The fourth-order valence-electron chi connectivity index (χ4n) is 4.35. The molecule has 0 spiro atoms.